The van der Waals surface area contributed by atoms with Crippen LogP contribution in [0.3, 0.4) is 0 Å². The summed E-state index contributed by atoms with van der Waals surface area (Å²) in [5.41, 5.74) is 0.204. The summed E-state index contributed by atoms with van der Waals surface area (Å²) >= 11 is 3.15. The highest BCUT2D eigenvalue weighted by Gasteiger charge is 2.22. The van der Waals surface area contributed by atoms with Crippen molar-refractivity contribution in [2.45, 2.75) is 25.3 Å². The van der Waals surface area contributed by atoms with Crippen molar-refractivity contribution in [3.8, 4) is 0 Å². The van der Waals surface area contributed by atoms with Gasteiger partial charge in [0.1, 0.15) is 0 Å². The zero-order valence-corrected chi connectivity index (χ0v) is 13.6. The molecule has 1 atom stereocenters. The van der Waals surface area contributed by atoms with Gasteiger partial charge in [-0.3, -0.25) is 14.8 Å². The van der Waals surface area contributed by atoms with Crippen molar-refractivity contribution in [2.24, 2.45) is 0 Å². The van der Waals surface area contributed by atoms with Gasteiger partial charge < -0.3 is 5.32 Å². The van der Waals surface area contributed by atoms with E-state index >= 15 is 0 Å². The van der Waals surface area contributed by atoms with E-state index in [4.69, 9.17) is 0 Å². The van der Waals surface area contributed by atoms with Crippen LogP contribution in [0.25, 0.3) is 0 Å². The van der Waals surface area contributed by atoms with Gasteiger partial charge in [-0.25, -0.2) is 8.42 Å². The molecule has 0 spiro atoms. The second kappa shape index (κ2) is 6.71. The molecular formula is C12H16BrN3O4S. The van der Waals surface area contributed by atoms with Gasteiger partial charge in [-0.15, -0.1) is 0 Å². The number of hydrogen-bond acceptors (Lipinski definition) is 5. The van der Waals surface area contributed by atoms with Crippen molar-refractivity contribution < 1.29 is 13.3 Å². The Morgan fingerprint density at radius 1 is 1.43 bits per heavy atom. The Balaban J connectivity index is 2.07. The highest BCUT2D eigenvalue weighted by Crippen LogP contribution is 2.28. The lowest BCUT2D eigenvalue weighted by molar-refractivity contribution is -0.384. The number of non-ortho nitro benzene ring substituents is 1. The fourth-order valence-corrected chi connectivity index (χ4v) is 4.25. The molecule has 1 saturated heterocycles. The first-order chi connectivity index (χ1) is 9.87. The van der Waals surface area contributed by atoms with Crippen LogP contribution in [0.2, 0.25) is 0 Å². The number of anilines is 1. The van der Waals surface area contributed by atoms with Gasteiger partial charge in [-0.1, -0.05) is 6.42 Å². The Hall–Kier alpha value is -1.19. The summed E-state index contributed by atoms with van der Waals surface area (Å²) in [5, 5.41) is 13.8. The molecule has 0 aliphatic carbocycles. The molecule has 2 rings (SSSR count). The molecule has 1 aromatic rings. The fourth-order valence-electron chi connectivity index (χ4n) is 2.24. The lowest BCUT2D eigenvalue weighted by Gasteiger charge is -2.23. The van der Waals surface area contributed by atoms with Crippen molar-refractivity contribution >= 4 is 37.3 Å². The molecule has 0 amide bonds. The van der Waals surface area contributed by atoms with E-state index in [1.165, 1.54) is 18.2 Å². The van der Waals surface area contributed by atoms with E-state index in [1.807, 2.05) is 0 Å². The molecule has 1 unspecified atom stereocenters. The first kappa shape index (κ1) is 16.2. The number of benzene rings is 1. The van der Waals surface area contributed by atoms with Crippen LogP contribution >= 0.6 is 15.9 Å². The molecule has 0 bridgehead atoms. The third-order valence-corrected chi connectivity index (χ3v) is 5.29. The molecule has 0 radical (unpaired) electrons. The molecule has 2 N–H and O–H groups in total. The molecule has 0 aromatic heterocycles. The number of hydrogen-bond donors (Lipinski definition) is 2. The van der Waals surface area contributed by atoms with Crippen LogP contribution in [0, 0.1) is 10.1 Å². The second-order valence-electron chi connectivity index (χ2n) is 4.95. The van der Waals surface area contributed by atoms with Crippen molar-refractivity contribution in [3.05, 3.63) is 32.8 Å². The largest absolute Gasteiger partial charge is 0.313 e. The number of nitrogens with one attached hydrogen (secondary N) is 2. The van der Waals surface area contributed by atoms with Gasteiger partial charge in [-0.05, 0) is 41.4 Å². The van der Waals surface area contributed by atoms with Crippen molar-refractivity contribution in [1.82, 2.24) is 5.32 Å². The van der Waals surface area contributed by atoms with Gasteiger partial charge in [-0.2, -0.15) is 0 Å². The van der Waals surface area contributed by atoms with Gasteiger partial charge in [0, 0.05) is 22.6 Å². The molecule has 1 aliphatic rings. The number of sulfonamides is 1. The summed E-state index contributed by atoms with van der Waals surface area (Å²) in [6.45, 7) is 0.835. The molecule has 21 heavy (non-hydrogen) atoms. The van der Waals surface area contributed by atoms with Gasteiger partial charge in [0.05, 0.1) is 16.4 Å². The summed E-state index contributed by atoms with van der Waals surface area (Å²) in [4.78, 5) is 10.1. The van der Waals surface area contributed by atoms with Crippen molar-refractivity contribution in [1.29, 1.82) is 0 Å². The SMILES string of the molecule is O=[N+]([O-])c1ccc(NS(=O)(=O)CC2CCCCN2)c(Br)c1. The quantitative estimate of drug-likeness (QED) is 0.605. The third-order valence-electron chi connectivity index (χ3n) is 3.26. The predicted molar refractivity (Wildman–Crippen MR) is 83.8 cm³/mol. The van der Waals surface area contributed by atoms with Gasteiger partial charge in [0.15, 0.2) is 0 Å². The maximum atomic E-state index is 12.1. The fraction of sp³-hybridized carbons (Fsp3) is 0.500. The molecule has 1 fully saturated rings. The Kier molecular flexibility index (Phi) is 5.17. The minimum absolute atomic E-state index is 0.00354. The molecule has 0 saturated carbocycles. The maximum absolute atomic E-state index is 12.1. The number of nitro benzene ring substituents is 1. The topological polar surface area (TPSA) is 101 Å². The Morgan fingerprint density at radius 2 is 2.19 bits per heavy atom. The summed E-state index contributed by atoms with van der Waals surface area (Å²) in [5.74, 6) is -0.00354. The summed E-state index contributed by atoms with van der Waals surface area (Å²) in [7, 11) is -3.50. The Morgan fingerprint density at radius 3 is 2.76 bits per heavy atom. The van der Waals surface area contributed by atoms with Crippen molar-refractivity contribution in [3.63, 3.8) is 0 Å². The van der Waals surface area contributed by atoms with E-state index in [-0.39, 0.29) is 17.5 Å². The molecule has 1 aliphatic heterocycles. The lowest BCUT2D eigenvalue weighted by Crippen LogP contribution is -2.40. The average Bonchev–Trinajstić information content (AvgIpc) is 2.41. The van der Waals surface area contributed by atoms with Crippen LogP contribution in [-0.2, 0) is 10.0 Å². The average molecular weight is 378 g/mol. The molecule has 7 nitrogen and oxygen atoms in total. The lowest BCUT2D eigenvalue weighted by atomic mass is 10.1. The summed E-state index contributed by atoms with van der Waals surface area (Å²) < 4.78 is 27.1. The van der Waals surface area contributed by atoms with Crippen LogP contribution < -0.4 is 10.0 Å². The first-order valence-electron chi connectivity index (χ1n) is 6.55. The third kappa shape index (κ3) is 4.65. The van der Waals surface area contributed by atoms with Crippen molar-refractivity contribution in [2.75, 3.05) is 17.0 Å². The van der Waals surface area contributed by atoms with E-state index in [2.05, 4.69) is 26.0 Å². The second-order valence-corrected chi connectivity index (χ2v) is 7.57. The minimum atomic E-state index is -3.50. The highest BCUT2D eigenvalue weighted by molar-refractivity contribution is 9.10. The van der Waals surface area contributed by atoms with E-state index in [0.717, 1.165) is 25.8 Å². The molecule has 1 heterocycles. The molecule has 9 heteroatoms. The Bertz CT molecular complexity index is 629. The number of piperidine rings is 1. The standard InChI is InChI=1S/C12H16BrN3O4S/c13-11-7-10(16(17)18)4-5-12(11)15-21(19,20)8-9-3-1-2-6-14-9/h4-5,7,9,14-15H,1-3,6,8H2. The van der Waals surface area contributed by atoms with Gasteiger partial charge in [0.25, 0.3) is 5.69 Å². The Labute approximate surface area is 131 Å². The van der Waals surface area contributed by atoms with Crippen LogP contribution in [0.4, 0.5) is 11.4 Å². The highest BCUT2D eigenvalue weighted by atomic mass is 79.9. The number of nitrogens with zero attached hydrogens (tertiary/aromatic N) is 1. The van der Waals surface area contributed by atoms with E-state index < -0.39 is 14.9 Å². The molecule has 1 aromatic carbocycles. The number of halogens is 1. The monoisotopic (exact) mass is 377 g/mol. The minimum Gasteiger partial charge on any atom is -0.313 e. The maximum Gasteiger partial charge on any atom is 0.270 e. The zero-order chi connectivity index (χ0) is 15.5. The molecule has 116 valence electrons. The summed E-state index contributed by atoms with van der Waals surface area (Å²) in [6.07, 6.45) is 2.93. The van der Waals surface area contributed by atoms with Crippen LogP contribution in [0.15, 0.2) is 22.7 Å². The van der Waals surface area contributed by atoms with E-state index in [0.29, 0.717) is 10.2 Å². The van der Waals surface area contributed by atoms with E-state index in [9.17, 15) is 18.5 Å². The normalized spacial score (nSPS) is 19.2. The zero-order valence-electron chi connectivity index (χ0n) is 11.2. The number of nitro groups is 1. The predicted octanol–water partition coefficient (Wildman–Crippen LogP) is 2.24. The van der Waals surface area contributed by atoms with E-state index in [1.54, 1.807) is 0 Å². The van der Waals surface area contributed by atoms with Crippen LogP contribution in [-0.4, -0.2) is 31.7 Å². The summed E-state index contributed by atoms with van der Waals surface area (Å²) in [6, 6.07) is 3.87. The smallest absolute Gasteiger partial charge is 0.270 e. The van der Waals surface area contributed by atoms with Gasteiger partial charge >= 0.3 is 0 Å². The first-order valence-corrected chi connectivity index (χ1v) is 9.00. The molecular weight excluding hydrogens is 362 g/mol. The van der Waals surface area contributed by atoms with Gasteiger partial charge in [0.2, 0.25) is 10.0 Å². The number of rotatable bonds is 5. The van der Waals surface area contributed by atoms with Crippen LogP contribution in [0.1, 0.15) is 19.3 Å². The van der Waals surface area contributed by atoms with Crippen LogP contribution in [0.5, 0.6) is 0 Å².